The molecule has 0 fully saturated rings. The number of aromatic nitrogens is 5. The summed E-state index contributed by atoms with van der Waals surface area (Å²) in [7, 11) is 0. The number of hydrogen-bond acceptors (Lipinski definition) is 8. The summed E-state index contributed by atoms with van der Waals surface area (Å²) in [6, 6.07) is 57.1. The molecular weight excluding hydrogens is 755 g/mol. The molecule has 12 rings (SSSR count). The summed E-state index contributed by atoms with van der Waals surface area (Å²) in [5.74, 6) is 2.67. The van der Waals surface area contributed by atoms with E-state index in [0.29, 0.717) is 17.5 Å². The lowest BCUT2D eigenvalue weighted by atomic mass is 10.0. The number of nitrogens with zero attached hydrogens (tertiary/aromatic N) is 5. The molecule has 0 N–H and O–H groups in total. The monoisotopic (exact) mass is 781 g/mol. The van der Waals surface area contributed by atoms with Crippen LogP contribution in [0.1, 0.15) is 0 Å². The van der Waals surface area contributed by atoms with Crippen LogP contribution in [0, 0.1) is 0 Å². The van der Waals surface area contributed by atoms with Gasteiger partial charge in [-0.05, 0) is 24.3 Å². The third-order valence-electron chi connectivity index (χ3n) is 10.6. The van der Waals surface area contributed by atoms with E-state index < -0.39 is 0 Å². The van der Waals surface area contributed by atoms with Crippen LogP contribution in [0.15, 0.2) is 164 Å². The van der Waals surface area contributed by atoms with Crippen LogP contribution in [0.25, 0.3) is 117 Å². The molecule has 0 saturated carbocycles. The van der Waals surface area contributed by atoms with E-state index in [0.717, 1.165) is 70.4 Å². The Balaban J connectivity index is 1.11. The van der Waals surface area contributed by atoms with E-state index in [1.165, 1.54) is 29.6 Å². The molecule has 0 radical (unpaired) electrons. The van der Waals surface area contributed by atoms with Crippen LogP contribution < -0.4 is 0 Å². The maximum absolute atomic E-state index is 5.53. The minimum absolute atomic E-state index is 0.644. The fourth-order valence-corrected chi connectivity index (χ4v) is 11.6. The fourth-order valence-electron chi connectivity index (χ4n) is 7.97. The molecule has 8 heteroatoms. The van der Waals surface area contributed by atoms with Gasteiger partial charge in [0.25, 0.3) is 0 Å². The summed E-state index contributed by atoms with van der Waals surface area (Å²) in [6.07, 6.45) is 0. The van der Waals surface area contributed by atoms with Gasteiger partial charge in [0.1, 0.15) is 0 Å². The average Bonchev–Trinajstić information content (AvgIpc) is 3.98. The third kappa shape index (κ3) is 5.22. The zero-order valence-corrected chi connectivity index (χ0v) is 32.5. The number of benzene rings is 7. The SMILES string of the molecule is c1ccc(-c2nc(-c3ccccc3)nc(-c3cccc4sc5c(-c6nc(-c7cccc8c7sc7ccccc78)nc7c6sc6ccccc67)cccc5c34)n2)cc1. The molecule has 57 heavy (non-hydrogen) atoms. The normalized spacial score (nSPS) is 11.9. The van der Waals surface area contributed by atoms with Crippen molar-refractivity contribution in [3.05, 3.63) is 164 Å². The van der Waals surface area contributed by atoms with E-state index in [9.17, 15) is 0 Å². The Morgan fingerprint density at radius 1 is 0.298 bits per heavy atom. The van der Waals surface area contributed by atoms with Gasteiger partial charge in [-0.3, -0.25) is 0 Å². The van der Waals surface area contributed by atoms with Gasteiger partial charge in [0.2, 0.25) is 0 Å². The smallest absolute Gasteiger partial charge is 0.164 e. The van der Waals surface area contributed by atoms with E-state index in [-0.39, 0.29) is 0 Å². The Morgan fingerprint density at radius 2 is 0.789 bits per heavy atom. The average molecular weight is 782 g/mol. The number of hydrogen-bond donors (Lipinski definition) is 0. The lowest BCUT2D eigenvalue weighted by molar-refractivity contribution is 1.08. The first-order valence-corrected chi connectivity index (χ1v) is 21.1. The van der Waals surface area contributed by atoms with Crippen molar-refractivity contribution in [3.8, 4) is 56.8 Å². The highest BCUT2D eigenvalue weighted by atomic mass is 32.1. The molecule has 266 valence electrons. The fraction of sp³-hybridized carbons (Fsp3) is 0. The highest BCUT2D eigenvalue weighted by Crippen LogP contribution is 2.47. The van der Waals surface area contributed by atoms with Gasteiger partial charge in [-0.25, -0.2) is 24.9 Å². The van der Waals surface area contributed by atoms with Crippen molar-refractivity contribution in [1.29, 1.82) is 0 Å². The molecule has 12 aromatic rings. The van der Waals surface area contributed by atoms with Crippen LogP contribution >= 0.6 is 34.0 Å². The van der Waals surface area contributed by atoms with Crippen molar-refractivity contribution >= 4 is 94.7 Å². The second-order valence-electron chi connectivity index (χ2n) is 14.0. The molecule has 0 aliphatic carbocycles. The molecule has 5 aromatic heterocycles. The minimum Gasteiger partial charge on any atom is -0.226 e. The van der Waals surface area contributed by atoms with E-state index in [2.05, 4.69) is 103 Å². The first kappa shape index (κ1) is 32.5. The van der Waals surface area contributed by atoms with E-state index in [4.69, 9.17) is 24.9 Å². The summed E-state index contributed by atoms with van der Waals surface area (Å²) in [5.41, 5.74) is 6.94. The standard InChI is InChI=1S/C49H27N5S3/c1-3-14-28(15-4-1)46-52-47(29-16-5-2-6-17-29)54-48(53-46)34-22-13-27-39-40(34)33-21-12-23-35(44(33)57-39)42-45-41(32-19-8-10-26-38(32)56-45)50-49(51-42)36-24-11-20-31-30-18-7-9-25-37(30)55-43(31)36/h1-27H. The van der Waals surface area contributed by atoms with Crippen LogP contribution in [0.2, 0.25) is 0 Å². The van der Waals surface area contributed by atoms with Gasteiger partial charge in [-0.2, -0.15) is 0 Å². The number of fused-ring (bicyclic) bond motifs is 9. The second-order valence-corrected chi connectivity index (χ2v) is 17.1. The van der Waals surface area contributed by atoms with Crippen molar-refractivity contribution in [2.45, 2.75) is 0 Å². The summed E-state index contributed by atoms with van der Waals surface area (Å²) in [6.45, 7) is 0. The van der Waals surface area contributed by atoms with Crippen molar-refractivity contribution < 1.29 is 0 Å². The summed E-state index contributed by atoms with van der Waals surface area (Å²) in [5, 5.41) is 5.91. The maximum Gasteiger partial charge on any atom is 0.164 e. The van der Waals surface area contributed by atoms with E-state index >= 15 is 0 Å². The summed E-state index contributed by atoms with van der Waals surface area (Å²) < 4.78 is 7.09. The molecule has 0 atom stereocenters. The lowest BCUT2D eigenvalue weighted by Crippen LogP contribution is -2.00. The first-order valence-electron chi connectivity index (χ1n) is 18.7. The summed E-state index contributed by atoms with van der Waals surface area (Å²) >= 11 is 5.36. The van der Waals surface area contributed by atoms with Crippen LogP contribution in [0.5, 0.6) is 0 Å². The second kappa shape index (κ2) is 12.9. The van der Waals surface area contributed by atoms with Crippen LogP contribution in [-0.2, 0) is 0 Å². The van der Waals surface area contributed by atoms with Crippen molar-refractivity contribution in [2.24, 2.45) is 0 Å². The highest BCUT2D eigenvalue weighted by Gasteiger charge is 2.23. The lowest BCUT2D eigenvalue weighted by Gasteiger charge is -2.10. The molecule has 0 amide bonds. The van der Waals surface area contributed by atoms with Gasteiger partial charge >= 0.3 is 0 Å². The number of thiophene rings is 3. The quantitative estimate of drug-likeness (QED) is 0.174. The first-order chi connectivity index (χ1) is 28.2. The van der Waals surface area contributed by atoms with Crippen molar-refractivity contribution in [2.75, 3.05) is 0 Å². The minimum atomic E-state index is 0.644. The molecule has 0 unspecified atom stereocenters. The van der Waals surface area contributed by atoms with Crippen LogP contribution in [0.4, 0.5) is 0 Å². The summed E-state index contributed by atoms with van der Waals surface area (Å²) in [4.78, 5) is 26.1. The van der Waals surface area contributed by atoms with Gasteiger partial charge in [-0.15, -0.1) is 34.0 Å². The molecule has 0 aliphatic rings. The number of rotatable bonds is 5. The van der Waals surface area contributed by atoms with E-state index in [1.807, 2.05) is 72.0 Å². The van der Waals surface area contributed by atoms with Crippen molar-refractivity contribution in [3.63, 3.8) is 0 Å². The van der Waals surface area contributed by atoms with Gasteiger partial charge in [0.15, 0.2) is 23.3 Å². The third-order valence-corrected chi connectivity index (χ3v) is 14.2. The Labute approximate surface area is 338 Å². The van der Waals surface area contributed by atoms with Gasteiger partial charge in [0.05, 0.1) is 15.9 Å². The Bertz CT molecular complexity index is 3480. The molecule has 5 heterocycles. The molecule has 0 saturated heterocycles. The van der Waals surface area contributed by atoms with Gasteiger partial charge in [0, 0.05) is 78.2 Å². The van der Waals surface area contributed by atoms with Crippen molar-refractivity contribution in [1.82, 2.24) is 24.9 Å². The zero-order chi connectivity index (χ0) is 37.5. The Morgan fingerprint density at radius 3 is 1.54 bits per heavy atom. The van der Waals surface area contributed by atoms with Crippen LogP contribution in [-0.4, -0.2) is 24.9 Å². The largest absolute Gasteiger partial charge is 0.226 e. The molecular formula is C49H27N5S3. The molecule has 0 bridgehead atoms. The molecule has 0 spiro atoms. The van der Waals surface area contributed by atoms with Gasteiger partial charge in [-0.1, -0.05) is 140 Å². The Hall–Kier alpha value is -6.71. The highest BCUT2D eigenvalue weighted by molar-refractivity contribution is 7.27. The predicted molar refractivity (Wildman–Crippen MR) is 241 cm³/mol. The van der Waals surface area contributed by atoms with E-state index in [1.54, 1.807) is 22.7 Å². The zero-order valence-electron chi connectivity index (χ0n) is 30.0. The maximum atomic E-state index is 5.53. The molecule has 0 aliphatic heterocycles. The Kier molecular flexibility index (Phi) is 7.38. The predicted octanol–water partition coefficient (Wildman–Crippen LogP) is 14.1. The molecule has 7 aromatic carbocycles. The topological polar surface area (TPSA) is 64.5 Å². The van der Waals surface area contributed by atoms with Gasteiger partial charge < -0.3 is 0 Å². The molecule has 5 nitrogen and oxygen atoms in total. The van der Waals surface area contributed by atoms with Crippen LogP contribution in [0.3, 0.4) is 0 Å².